The fourth-order valence-corrected chi connectivity index (χ4v) is 2.67. The van der Waals surface area contributed by atoms with Gasteiger partial charge in [0.1, 0.15) is 11.5 Å². The van der Waals surface area contributed by atoms with E-state index in [1.807, 2.05) is 13.8 Å². The van der Waals surface area contributed by atoms with Crippen molar-refractivity contribution < 1.29 is 4.79 Å². The molecule has 116 valence electrons. The van der Waals surface area contributed by atoms with Crippen molar-refractivity contribution >= 4 is 5.91 Å². The minimum absolute atomic E-state index is 0.213. The maximum atomic E-state index is 12.2. The van der Waals surface area contributed by atoms with Crippen LogP contribution >= 0.6 is 0 Å². The van der Waals surface area contributed by atoms with E-state index in [2.05, 4.69) is 30.0 Å². The third-order valence-corrected chi connectivity index (χ3v) is 3.89. The van der Waals surface area contributed by atoms with Crippen molar-refractivity contribution in [2.24, 2.45) is 0 Å². The molecule has 0 radical (unpaired) electrons. The zero-order valence-electron chi connectivity index (χ0n) is 12.9. The first-order chi connectivity index (χ1) is 10.6. The molecule has 22 heavy (non-hydrogen) atoms. The Hall–Kier alpha value is -2.31. The predicted molar refractivity (Wildman–Crippen MR) is 80.2 cm³/mol. The molecule has 0 aliphatic carbocycles. The van der Waals surface area contributed by atoms with Gasteiger partial charge in [-0.3, -0.25) is 9.78 Å². The minimum Gasteiger partial charge on any atom is -0.341 e. The van der Waals surface area contributed by atoms with Gasteiger partial charge in [0.2, 0.25) is 0 Å². The van der Waals surface area contributed by atoms with Gasteiger partial charge in [0.15, 0.2) is 5.82 Å². The molecule has 1 atom stereocenters. The number of carbonyl (C=O) groups is 1. The van der Waals surface area contributed by atoms with Crippen LogP contribution < -0.4 is 5.32 Å². The predicted octanol–water partition coefficient (Wildman–Crippen LogP) is 1.59. The van der Waals surface area contributed by atoms with Crippen LogP contribution in [0.25, 0.3) is 0 Å². The Kier molecular flexibility index (Phi) is 4.13. The van der Waals surface area contributed by atoms with Gasteiger partial charge in [0, 0.05) is 19.2 Å². The van der Waals surface area contributed by atoms with E-state index in [0.29, 0.717) is 5.69 Å². The van der Waals surface area contributed by atoms with Crippen molar-refractivity contribution in [1.29, 1.82) is 0 Å². The zero-order valence-corrected chi connectivity index (χ0v) is 12.9. The number of hydrogen-bond acceptors (Lipinski definition) is 5. The maximum absolute atomic E-state index is 12.2. The molecule has 2 aromatic heterocycles. The van der Waals surface area contributed by atoms with Crippen molar-refractivity contribution in [3.05, 3.63) is 35.4 Å². The summed E-state index contributed by atoms with van der Waals surface area (Å²) in [5.41, 5.74) is 1.10. The Bertz CT molecular complexity index is 663. The second kappa shape index (κ2) is 6.21. The highest BCUT2D eigenvalue weighted by Gasteiger charge is 2.21. The lowest BCUT2D eigenvalue weighted by atomic mass is 10.2. The van der Waals surface area contributed by atoms with E-state index in [1.54, 1.807) is 6.20 Å². The molecular weight excluding hydrogens is 280 g/mol. The molecule has 0 saturated carbocycles. The Labute approximate surface area is 129 Å². The van der Waals surface area contributed by atoms with Crippen LogP contribution in [-0.4, -0.2) is 30.6 Å². The van der Waals surface area contributed by atoms with Crippen molar-refractivity contribution in [1.82, 2.24) is 30.0 Å². The molecule has 0 aromatic carbocycles. The molecule has 1 amide bonds. The van der Waals surface area contributed by atoms with Gasteiger partial charge in [-0.15, -0.1) is 10.2 Å². The third-order valence-electron chi connectivity index (χ3n) is 3.89. The molecular formula is C15H20N6O. The molecule has 2 aromatic rings. The maximum Gasteiger partial charge on any atom is 0.272 e. The first-order valence-corrected chi connectivity index (χ1v) is 7.66. The van der Waals surface area contributed by atoms with E-state index >= 15 is 0 Å². The highest BCUT2D eigenvalue weighted by atomic mass is 16.2. The standard InChI is InChI=1S/C15H20N6O/c1-10-8-17-12(9-16-10)15(22)18-11(2)14-20-19-13-6-4-3-5-7-21(13)14/h8-9,11H,3-7H2,1-2H3,(H,18,22). The minimum atomic E-state index is -0.244. The zero-order chi connectivity index (χ0) is 15.5. The molecule has 3 rings (SSSR count). The van der Waals surface area contributed by atoms with Gasteiger partial charge in [0.05, 0.1) is 17.9 Å². The number of nitrogens with one attached hydrogen (secondary N) is 1. The number of carbonyl (C=O) groups excluding carboxylic acids is 1. The van der Waals surface area contributed by atoms with E-state index in [1.165, 1.54) is 12.6 Å². The highest BCUT2D eigenvalue weighted by Crippen LogP contribution is 2.18. The Balaban J connectivity index is 1.74. The Morgan fingerprint density at radius 1 is 1.23 bits per heavy atom. The first kappa shape index (κ1) is 14.6. The monoisotopic (exact) mass is 300 g/mol. The second-order valence-electron chi connectivity index (χ2n) is 5.67. The summed E-state index contributed by atoms with van der Waals surface area (Å²) in [6.45, 7) is 4.67. The van der Waals surface area contributed by atoms with Crippen LogP contribution in [0.5, 0.6) is 0 Å². The van der Waals surface area contributed by atoms with Gasteiger partial charge in [-0.25, -0.2) is 4.98 Å². The molecule has 1 unspecified atom stereocenters. The lowest BCUT2D eigenvalue weighted by Crippen LogP contribution is -2.29. The average molecular weight is 300 g/mol. The average Bonchev–Trinajstić information content (AvgIpc) is 2.77. The number of rotatable bonds is 3. The quantitative estimate of drug-likeness (QED) is 0.930. The van der Waals surface area contributed by atoms with Crippen LogP contribution in [-0.2, 0) is 13.0 Å². The van der Waals surface area contributed by atoms with Gasteiger partial charge >= 0.3 is 0 Å². The second-order valence-corrected chi connectivity index (χ2v) is 5.67. The summed E-state index contributed by atoms with van der Waals surface area (Å²) in [5.74, 6) is 1.58. The van der Waals surface area contributed by atoms with E-state index < -0.39 is 0 Å². The fourth-order valence-electron chi connectivity index (χ4n) is 2.67. The van der Waals surface area contributed by atoms with E-state index in [0.717, 1.165) is 43.1 Å². The number of aryl methyl sites for hydroxylation is 2. The highest BCUT2D eigenvalue weighted by molar-refractivity contribution is 5.92. The summed E-state index contributed by atoms with van der Waals surface area (Å²) >= 11 is 0. The SMILES string of the molecule is Cc1cnc(C(=O)NC(C)c2nnc3n2CCCCC3)cn1. The van der Waals surface area contributed by atoms with Crippen LogP contribution in [0, 0.1) is 6.92 Å². The van der Waals surface area contributed by atoms with Crippen LogP contribution in [0.4, 0.5) is 0 Å². The van der Waals surface area contributed by atoms with E-state index in [4.69, 9.17) is 0 Å². The first-order valence-electron chi connectivity index (χ1n) is 7.66. The van der Waals surface area contributed by atoms with Gasteiger partial charge in [0.25, 0.3) is 5.91 Å². The largest absolute Gasteiger partial charge is 0.341 e. The summed E-state index contributed by atoms with van der Waals surface area (Å²) in [5, 5.41) is 11.4. The fraction of sp³-hybridized carbons (Fsp3) is 0.533. The molecule has 3 heterocycles. The van der Waals surface area contributed by atoms with Gasteiger partial charge in [-0.05, 0) is 26.7 Å². The van der Waals surface area contributed by atoms with Crippen LogP contribution in [0.1, 0.15) is 60.1 Å². The number of amides is 1. The van der Waals surface area contributed by atoms with Crippen molar-refractivity contribution in [3.63, 3.8) is 0 Å². The number of aromatic nitrogens is 5. The van der Waals surface area contributed by atoms with Gasteiger partial charge in [-0.2, -0.15) is 0 Å². The van der Waals surface area contributed by atoms with Gasteiger partial charge in [-0.1, -0.05) is 6.42 Å². The molecule has 0 fully saturated rings. The summed E-state index contributed by atoms with van der Waals surface area (Å²) in [7, 11) is 0. The molecule has 1 aliphatic heterocycles. The van der Waals surface area contributed by atoms with Crippen LogP contribution in [0.2, 0.25) is 0 Å². The molecule has 1 N–H and O–H groups in total. The Morgan fingerprint density at radius 3 is 2.86 bits per heavy atom. The molecule has 7 heteroatoms. The molecule has 0 bridgehead atoms. The normalized spacial score (nSPS) is 15.7. The molecule has 1 aliphatic rings. The van der Waals surface area contributed by atoms with E-state index in [-0.39, 0.29) is 11.9 Å². The van der Waals surface area contributed by atoms with Crippen LogP contribution in [0.15, 0.2) is 12.4 Å². The van der Waals surface area contributed by atoms with Crippen molar-refractivity contribution in [2.45, 2.75) is 52.1 Å². The lowest BCUT2D eigenvalue weighted by Gasteiger charge is -2.15. The number of hydrogen-bond donors (Lipinski definition) is 1. The molecule has 0 saturated heterocycles. The molecule has 0 spiro atoms. The summed E-state index contributed by atoms with van der Waals surface area (Å²) in [6, 6.07) is -0.213. The van der Waals surface area contributed by atoms with E-state index in [9.17, 15) is 4.79 Å². The lowest BCUT2D eigenvalue weighted by molar-refractivity contribution is 0.0932. The smallest absolute Gasteiger partial charge is 0.272 e. The number of fused-ring (bicyclic) bond motifs is 1. The Morgan fingerprint density at radius 2 is 2.09 bits per heavy atom. The number of nitrogens with zero attached hydrogens (tertiary/aromatic N) is 5. The summed E-state index contributed by atoms with van der Waals surface area (Å²) < 4.78 is 2.14. The van der Waals surface area contributed by atoms with Crippen molar-refractivity contribution in [3.8, 4) is 0 Å². The summed E-state index contributed by atoms with van der Waals surface area (Å²) in [6.07, 6.45) is 7.52. The van der Waals surface area contributed by atoms with Crippen molar-refractivity contribution in [2.75, 3.05) is 0 Å². The summed E-state index contributed by atoms with van der Waals surface area (Å²) in [4.78, 5) is 20.4. The van der Waals surface area contributed by atoms with Gasteiger partial charge < -0.3 is 9.88 Å². The third kappa shape index (κ3) is 2.98. The topological polar surface area (TPSA) is 85.6 Å². The van der Waals surface area contributed by atoms with Crippen LogP contribution in [0.3, 0.4) is 0 Å². The molecule has 7 nitrogen and oxygen atoms in total.